The van der Waals surface area contributed by atoms with Gasteiger partial charge in [-0.05, 0) is 36.0 Å². The minimum atomic E-state index is -0.381. The van der Waals surface area contributed by atoms with E-state index in [0.717, 1.165) is 32.2 Å². The molecule has 3 fully saturated rings. The van der Waals surface area contributed by atoms with Gasteiger partial charge in [0.05, 0.1) is 32.0 Å². The van der Waals surface area contributed by atoms with Gasteiger partial charge in [-0.3, -0.25) is 4.90 Å². The predicted octanol–water partition coefficient (Wildman–Crippen LogP) is 1.91. The number of hydrogen-bond acceptors (Lipinski definition) is 4. The first-order valence-corrected chi connectivity index (χ1v) is 8.53. The van der Waals surface area contributed by atoms with Crippen LogP contribution in [0.2, 0.25) is 0 Å². The Balaban J connectivity index is 1.47. The fourth-order valence-electron chi connectivity index (χ4n) is 4.74. The van der Waals surface area contributed by atoms with Crippen molar-refractivity contribution in [2.45, 2.75) is 52.2 Å². The van der Waals surface area contributed by atoms with E-state index in [1.165, 1.54) is 19.3 Å². The maximum Gasteiger partial charge on any atom is 0.0900 e. The quantitative estimate of drug-likeness (QED) is 0.842. The summed E-state index contributed by atoms with van der Waals surface area (Å²) in [5.41, 5.74) is 0.670. The smallest absolute Gasteiger partial charge is 0.0900 e. The van der Waals surface area contributed by atoms with Gasteiger partial charge < -0.3 is 14.6 Å². The summed E-state index contributed by atoms with van der Waals surface area (Å²) < 4.78 is 11.5. The molecule has 0 unspecified atom stereocenters. The van der Waals surface area contributed by atoms with Gasteiger partial charge in [0.2, 0.25) is 0 Å². The number of aliphatic hydroxyl groups excluding tert-OH is 1. The zero-order valence-electron chi connectivity index (χ0n) is 13.8. The topological polar surface area (TPSA) is 41.9 Å². The number of hydrogen-bond donors (Lipinski definition) is 1. The number of aliphatic hydroxyl groups is 1. The second-order valence-corrected chi connectivity index (χ2v) is 8.00. The molecule has 3 rings (SSSR count). The first kappa shape index (κ1) is 15.7. The molecule has 1 saturated heterocycles. The Kier molecular flexibility index (Phi) is 4.34. The van der Waals surface area contributed by atoms with Crippen LogP contribution < -0.4 is 0 Å². The predicted molar refractivity (Wildman–Crippen MR) is 82.2 cm³/mol. The third-order valence-electron chi connectivity index (χ3n) is 6.78. The molecule has 0 aromatic heterocycles. The van der Waals surface area contributed by atoms with Crippen LogP contribution in [-0.4, -0.2) is 61.7 Å². The maximum atomic E-state index is 10.2. The van der Waals surface area contributed by atoms with E-state index in [4.69, 9.17) is 9.47 Å². The lowest BCUT2D eigenvalue weighted by atomic mass is 9.70. The zero-order chi connectivity index (χ0) is 15.1. The minimum absolute atomic E-state index is 0.288. The first-order valence-electron chi connectivity index (χ1n) is 8.53. The van der Waals surface area contributed by atoms with Crippen molar-refractivity contribution in [2.24, 2.45) is 16.7 Å². The molecule has 0 radical (unpaired) electrons. The number of nitrogens with zero attached hydrogens (tertiary/aromatic N) is 1. The summed E-state index contributed by atoms with van der Waals surface area (Å²) in [6.45, 7) is 11.8. The van der Waals surface area contributed by atoms with Crippen molar-refractivity contribution in [3.63, 3.8) is 0 Å². The molecule has 1 N–H and O–H groups in total. The summed E-state index contributed by atoms with van der Waals surface area (Å²) in [4.78, 5) is 2.27. The van der Waals surface area contributed by atoms with Crippen molar-refractivity contribution in [3.8, 4) is 0 Å². The van der Waals surface area contributed by atoms with Crippen LogP contribution in [0.5, 0.6) is 0 Å². The summed E-state index contributed by atoms with van der Waals surface area (Å²) >= 11 is 0. The highest BCUT2D eigenvalue weighted by Gasteiger charge is 2.61. The molecule has 0 amide bonds. The van der Waals surface area contributed by atoms with E-state index < -0.39 is 0 Å². The highest BCUT2D eigenvalue weighted by molar-refractivity contribution is 5.11. The van der Waals surface area contributed by atoms with Crippen molar-refractivity contribution < 1.29 is 14.6 Å². The van der Waals surface area contributed by atoms with Crippen molar-refractivity contribution in [2.75, 3.05) is 39.5 Å². The Morgan fingerprint density at radius 3 is 2.57 bits per heavy atom. The maximum absolute atomic E-state index is 10.2. The number of rotatable bonds is 5. The average Bonchev–Trinajstić information content (AvgIpc) is 2.79. The van der Waals surface area contributed by atoms with Gasteiger partial charge in [-0.25, -0.2) is 0 Å². The van der Waals surface area contributed by atoms with Crippen LogP contribution >= 0.6 is 0 Å². The monoisotopic (exact) mass is 297 g/mol. The molecule has 4 heteroatoms. The molecule has 122 valence electrons. The molecule has 0 aromatic carbocycles. The molecule has 1 aliphatic heterocycles. The van der Waals surface area contributed by atoms with Crippen LogP contribution in [0.15, 0.2) is 0 Å². The zero-order valence-corrected chi connectivity index (χ0v) is 13.8. The first-order chi connectivity index (χ1) is 9.93. The number of ether oxygens (including phenoxy) is 2. The summed E-state index contributed by atoms with van der Waals surface area (Å²) in [7, 11) is 0. The fraction of sp³-hybridized carbons (Fsp3) is 1.00. The van der Waals surface area contributed by atoms with Gasteiger partial charge in [-0.1, -0.05) is 20.8 Å². The standard InChI is InChI=1S/C17H31NO3/c1-16(2)13-4-5-17(16,3)15(10-13)21-12-14(19)11-18-6-8-20-9-7-18/h13-15,19H,4-12H2,1-3H3/t13-,14-,15-,17+/m1/s1. The van der Waals surface area contributed by atoms with E-state index in [9.17, 15) is 5.11 Å². The minimum Gasteiger partial charge on any atom is -0.389 e. The number of morpholine rings is 1. The van der Waals surface area contributed by atoms with Gasteiger partial charge in [0.1, 0.15) is 0 Å². The van der Waals surface area contributed by atoms with Gasteiger partial charge in [0.25, 0.3) is 0 Å². The Bertz CT molecular complexity index is 367. The molecular weight excluding hydrogens is 266 g/mol. The molecular formula is C17H31NO3. The van der Waals surface area contributed by atoms with Gasteiger partial charge in [-0.15, -0.1) is 0 Å². The Morgan fingerprint density at radius 2 is 2.00 bits per heavy atom. The molecule has 21 heavy (non-hydrogen) atoms. The molecule has 4 nitrogen and oxygen atoms in total. The lowest BCUT2D eigenvalue weighted by Gasteiger charge is -2.39. The lowest BCUT2D eigenvalue weighted by molar-refractivity contribution is -0.0831. The summed E-state index contributed by atoms with van der Waals surface area (Å²) in [6.07, 6.45) is 3.74. The SMILES string of the molecule is CC1(C)[C@@H]2CC[C@@]1(C)[C@H](OC[C@H](O)CN1CCOCC1)C2. The third-order valence-corrected chi connectivity index (χ3v) is 6.78. The molecule has 2 aliphatic carbocycles. The van der Waals surface area contributed by atoms with E-state index in [2.05, 4.69) is 25.7 Å². The van der Waals surface area contributed by atoms with Crippen molar-refractivity contribution >= 4 is 0 Å². The van der Waals surface area contributed by atoms with Crippen molar-refractivity contribution in [1.82, 2.24) is 4.90 Å². The van der Waals surface area contributed by atoms with Gasteiger partial charge in [0, 0.05) is 19.6 Å². The van der Waals surface area contributed by atoms with Gasteiger partial charge in [-0.2, -0.15) is 0 Å². The summed E-state index contributed by atoms with van der Waals surface area (Å²) in [5.74, 6) is 0.795. The molecule has 1 heterocycles. The average molecular weight is 297 g/mol. The van der Waals surface area contributed by atoms with Crippen molar-refractivity contribution in [1.29, 1.82) is 0 Å². The van der Waals surface area contributed by atoms with Crippen LogP contribution in [0.25, 0.3) is 0 Å². The summed E-state index contributed by atoms with van der Waals surface area (Å²) in [6, 6.07) is 0. The number of fused-ring (bicyclic) bond motifs is 2. The van der Waals surface area contributed by atoms with Gasteiger partial charge in [0.15, 0.2) is 0 Å². The normalized spacial score (nSPS) is 40.6. The van der Waals surface area contributed by atoms with E-state index in [-0.39, 0.29) is 11.5 Å². The Labute approximate surface area is 128 Å². The molecule has 4 atom stereocenters. The van der Waals surface area contributed by atoms with E-state index >= 15 is 0 Å². The molecule has 2 bridgehead atoms. The molecule has 3 aliphatic rings. The van der Waals surface area contributed by atoms with Crippen LogP contribution in [0.3, 0.4) is 0 Å². The largest absolute Gasteiger partial charge is 0.389 e. The third kappa shape index (κ3) is 2.76. The van der Waals surface area contributed by atoms with E-state index in [1.807, 2.05) is 0 Å². The molecule has 0 spiro atoms. The molecule has 2 saturated carbocycles. The van der Waals surface area contributed by atoms with Crippen LogP contribution in [0, 0.1) is 16.7 Å². The fourth-order valence-corrected chi connectivity index (χ4v) is 4.74. The Hall–Kier alpha value is -0.160. The lowest BCUT2D eigenvalue weighted by Crippen LogP contribution is -2.43. The van der Waals surface area contributed by atoms with Crippen LogP contribution in [0.1, 0.15) is 40.0 Å². The molecule has 0 aromatic rings. The van der Waals surface area contributed by atoms with Crippen LogP contribution in [-0.2, 0) is 9.47 Å². The highest BCUT2D eigenvalue weighted by Crippen LogP contribution is 2.66. The van der Waals surface area contributed by atoms with Gasteiger partial charge >= 0.3 is 0 Å². The number of β-amino-alcohol motifs (C(OH)–C–C–N with tert-alkyl or cyclic N) is 1. The highest BCUT2D eigenvalue weighted by atomic mass is 16.5. The van der Waals surface area contributed by atoms with E-state index in [1.54, 1.807) is 0 Å². The second-order valence-electron chi connectivity index (χ2n) is 8.00. The van der Waals surface area contributed by atoms with Crippen LogP contribution in [0.4, 0.5) is 0 Å². The Morgan fingerprint density at radius 1 is 1.29 bits per heavy atom. The van der Waals surface area contributed by atoms with E-state index in [0.29, 0.717) is 24.7 Å². The van der Waals surface area contributed by atoms with Crippen molar-refractivity contribution in [3.05, 3.63) is 0 Å². The second kappa shape index (κ2) is 5.80. The summed E-state index contributed by atoms with van der Waals surface area (Å²) in [5, 5.41) is 10.2.